The highest BCUT2D eigenvalue weighted by molar-refractivity contribution is 6.31. The number of benzene rings is 2. The Labute approximate surface area is 155 Å². The lowest BCUT2D eigenvalue weighted by atomic mass is 10.1. The van der Waals surface area contributed by atoms with Crippen LogP contribution in [0.4, 0.5) is 15.8 Å². The van der Waals surface area contributed by atoms with Crippen molar-refractivity contribution in [1.82, 2.24) is 0 Å². The van der Waals surface area contributed by atoms with Crippen molar-refractivity contribution < 1.29 is 13.6 Å². The molecule has 2 heterocycles. The first kappa shape index (κ1) is 16.9. The topological polar surface area (TPSA) is 45.5 Å². The van der Waals surface area contributed by atoms with Crippen LogP contribution in [0.1, 0.15) is 29.0 Å². The van der Waals surface area contributed by atoms with E-state index in [4.69, 9.17) is 16.0 Å². The van der Waals surface area contributed by atoms with E-state index in [1.54, 1.807) is 37.3 Å². The molecule has 0 aliphatic carbocycles. The average Bonchev–Trinajstić information content (AvgIpc) is 3.24. The molecule has 0 atom stereocenters. The predicted octanol–water partition coefficient (Wildman–Crippen LogP) is 5.39. The standard InChI is InChI=1S/C20H18ClFN2O2/c1-12-15-10-13(21)4-7-18(15)26-19(12)20(25)23-14-5-6-17(16(22)11-14)24-8-2-3-9-24/h4-7,10-11H,2-3,8-9H2,1H3,(H,23,25). The van der Waals surface area contributed by atoms with Crippen LogP contribution >= 0.6 is 11.6 Å². The Bertz CT molecular complexity index is 993. The summed E-state index contributed by atoms with van der Waals surface area (Å²) < 4.78 is 20.1. The Morgan fingerprint density at radius 2 is 1.96 bits per heavy atom. The molecule has 0 radical (unpaired) electrons. The molecule has 4 rings (SSSR count). The first-order chi connectivity index (χ1) is 12.5. The van der Waals surface area contributed by atoms with Gasteiger partial charge in [-0.05, 0) is 56.2 Å². The largest absolute Gasteiger partial charge is 0.451 e. The molecule has 134 valence electrons. The number of amides is 1. The van der Waals surface area contributed by atoms with Crippen molar-refractivity contribution in [3.63, 3.8) is 0 Å². The number of fused-ring (bicyclic) bond motifs is 1. The maximum absolute atomic E-state index is 14.4. The van der Waals surface area contributed by atoms with E-state index < -0.39 is 5.91 Å². The molecular weight excluding hydrogens is 355 g/mol. The van der Waals surface area contributed by atoms with Crippen LogP contribution in [0.5, 0.6) is 0 Å². The monoisotopic (exact) mass is 372 g/mol. The van der Waals surface area contributed by atoms with Crippen molar-refractivity contribution in [3.05, 3.63) is 58.6 Å². The minimum Gasteiger partial charge on any atom is -0.451 e. The molecule has 0 saturated carbocycles. The Morgan fingerprint density at radius 1 is 1.19 bits per heavy atom. The molecule has 1 amide bonds. The number of halogens is 2. The summed E-state index contributed by atoms with van der Waals surface area (Å²) >= 11 is 6.01. The summed E-state index contributed by atoms with van der Waals surface area (Å²) in [4.78, 5) is 14.6. The molecule has 1 aliphatic heterocycles. The second-order valence-corrected chi connectivity index (χ2v) is 6.95. The molecule has 0 spiro atoms. The molecule has 1 N–H and O–H groups in total. The third-order valence-electron chi connectivity index (χ3n) is 4.76. The van der Waals surface area contributed by atoms with Gasteiger partial charge in [0, 0.05) is 34.7 Å². The van der Waals surface area contributed by atoms with Crippen LogP contribution in [0.25, 0.3) is 11.0 Å². The normalized spacial score (nSPS) is 14.2. The molecule has 1 fully saturated rings. The minimum atomic E-state index is -0.414. The van der Waals surface area contributed by atoms with Crippen LogP contribution in [0, 0.1) is 12.7 Å². The maximum Gasteiger partial charge on any atom is 0.291 e. The van der Waals surface area contributed by atoms with Gasteiger partial charge in [-0.1, -0.05) is 11.6 Å². The predicted molar refractivity (Wildman–Crippen MR) is 102 cm³/mol. The van der Waals surface area contributed by atoms with Crippen molar-refractivity contribution in [3.8, 4) is 0 Å². The van der Waals surface area contributed by atoms with Crippen molar-refractivity contribution in [2.45, 2.75) is 19.8 Å². The number of carbonyl (C=O) groups is 1. The first-order valence-electron chi connectivity index (χ1n) is 8.57. The zero-order valence-electron chi connectivity index (χ0n) is 14.3. The summed E-state index contributed by atoms with van der Waals surface area (Å²) in [5, 5.41) is 4.08. The summed E-state index contributed by atoms with van der Waals surface area (Å²) in [6, 6.07) is 9.97. The number of rotatable bonds is 3. The minimum absolute atomic E-state index is 0.200. The third-order valence-corrected chi connectivity index (χ3v) is 4.99. The zero-order valence-corrected chi connectivity index (χ0v) is 15.1. The van der Waals surface area contributed by atoms with E-state index >= 15 is 0 Å². The number of hydrogen-bond acceptors (Lipinski definition) is 3. The molecule has 0 unspecified atom stereocenters. The zero-order chi connectivity index (χ0) is 18.3. The fraction of sp³-hybridized carbons (Fsp3) is 0.250. The van der Waals surface area contributed by atoms with Gasteiger partial charge < -0.3 is 14.6 Å². The summed E-state index contributed by atoms with van der Waals surface area (Å²) in [7, 11) is 0. The first-order valence-corrected chi connectivity index (χ1v) is 8.95. The Morgan fingerprint density at radius 3 is 2.69 bits per heavy atom. The number of hydrogen-bond donors (Lipinski definition) is 1. The Hall–Kier alpha value is -2.53. The number of nitrogens with one attached hydrogen (secondary N) is 1. The summed E-state index contributed by atoms with van der Waals surface area (Å²) in [6.07, 6.45) is 2.15. The highest BCUT2D eigenvalue weighted by Crippen LogP contribution is 2.29. The molecule has 1 aromatic heterocycles. The molecule has 0 bridgehead atoms. The summed E-state index contributed by atoms with van der Waals surface area (Å²) in [5.41, 5.74) is 2.27. The molecular formula is C20H18ClFN2O2. The van der Waals surface area contributed by atoms with Crippen LogP contribution in [-0.4, -0.2) is 19.0 Å². The number of carbonyl (C=O) groups excluding carboxylic acids is 1. The van der Waals surface area contributed by atoms with Crippen molar-refractivity contribution >= 4 is 39.9 Å². The second-order valence-electron chi connectivity index (χ2n) is 6.51. The molecule has 6 heteroatoms. The van der Waals surface area contributed by atoms with E-state index in [1.807, 2.05) is 4.90 Å². The van der Waals surface area contributed by atoms with Gasteiger partial charge in [0.25, 0.3) is 5.91 Å². The highest BCUT2D eigenvalue weighted by atomic mass is 35.5. The molecule has 26 heavy (non-hydrogen) atoms. The number of aryl methyl sites for hydroxylation is 1. The smallest absolute Gasteiger partial charge is 0.291 e. The summed E-state index contributed by atoms with van der Waals surface area (Å²) in [5.74, 6) is -0.549. The molecule has 1 saturated heterocycles. The van der Waals surface area contributed by atoms with Gasteiger partial charge in [-0.3, -0.25) is 4.79 Å². The lowest BCUT2D eigenvalue weighted by molar-refractivity contribution is 0.0998. The lowest BCUT2D eigenvalue weighted by Crippen LogP contribution is -2.19. The van der Waals surface area contributed by atoms with Crippen molar-refractivity contribution in [2.75, 3.05) is 23.3 Å². The van der Waals surface area contributed by atoms with E-state index in [9.17, 15) is 9.18 Å². The fourth-order valence-corrected chi connectivity index (χ4v) is 3.57. The number of nitrogens with zero attached hydrogens (tertiary/aromatic N) is 1. The number of furan rings is 1. The van der Waals surface area contributed by atoms with Gasteiger partial charge in [0.15, 0.2) is 5.76 Å². The second kappa shape index (κ2) is 6.65. The Kier molecular flexibility index (Phi) is 4.32. The molecule has 2 aromatic carbocycles. The van der Waals surface area contributed by atoms with Crippen LogP contribution < -0.4 is 10.2 Å². The fourth-order valence-electron chi connectivity index (χ4n) is 3.40. The average molecular weight is 373 g/mol. The van der Waals surface area contributed by atoms with E-state index in [1.165, 1.54) is 6.07 Å². The van der Waals surface area contributed by atoms with Crippen LogP contribution in [0.2, 0.25) is 5.02 Å². The third kappa shape index (κ3) is 3.03. The van der Waals surface area contributed by atoms with Gasteiger partial charge in [-0.25, -0.2) is 4.39 Å². The van der Waals surface area contributed by atoms with Gasteiger partial charge in [0.1, 0.15) is 11.4 Å². The van der Waals surface area contributed by atoms with Crippen LogP contribution in [0.15, 0.2) is 40.8 Å². The van der Waals surface area contributed by atoms with E-state index in [-0.39, 0.29) is 11.6 Å². The van der Waals surface area contributed by atoms with Gasteiger partial charge in [-0.2, -0.15) is 0 Å². The SMILES string of the molecule is Cc1c(C(=O)Nc2ccc(N3CCCC3)c(F)c2)oc2ccc(Cl)cc12. The van der Waals surface area contributed by atoms with Gasteiger partial charge in [0.2, 0.25) is 0 Å². The molecule has 1 aliphatic rings. The van der Waals surface area contributed by atoms with Crippen LogP contribution in [-0.2, 0) is 0 Å². The quantitative estimate of drug-likeness (QED) is 0.670. The Balaban J connectivity index is 1.58. The lowest BCUT2D eigenvalue weighted by Gasteiger charge is -2.18. The molecule has 3 aromatic rings. The van der Waals surface area contributed by atoms with Crippen molar-refractivity contribution in [1.29, 1.82) is 0 Å². The number of anilines is 2. The van der Waals surface area contributed by atoms with E-state index in [2.05, 4.69) is 5.32 Å². The van der Waals surface area contributed by atoms with E-state index in [0.29, 0.717) is 27.5 Å². The maximum atomic E-state index is 14.4. The highest BCUT2D eigenvalue weighted by Gasteiger charge is 2.20. The molecule has 4 nitrogen and oxygen atoms in total. The van der Waals surface area contributed by atoms with Crippen LogP contribution in [0.3, 0.4) is 0 Å². The van der Waals surface area contributed by atoms with Gasteiger partial charge in [0.05, 0.1) is 5.69 Å². The van der Waals surface area contributed by atoms with Gasteiger partial charge >= 0.3 is 0 Å². The summed E-state index contributed by atoms with van der Waals surface area (Å²) in [6.45, 7) is 3.53. The van der Waals surface area contributed by atoms with Gasteiger partial charge in [-0.15, -0.1) is 0 Å². The van der Waals surface area contributed by atoms with E-state index in [0.717, 1.165) is 31.3 Å². The van der Waals surface area contributed by atoms with Crippen molar-refractivity contribution in [2.24, 2.45) is 0 Å².